The third-order valence-electron chi connectivity index (χ3n) is 4.18. The molecule has 2 rings (SSSR count). The molecule has 1 atom stereocenters. The number of nitrogens with one attached hydrogen (secondary N) is 2. The van der Waals surface area contributed by atoms with Crippen molar-refractivity contribution in [2.24, 2.45) is 11.8 Å². The van der Waals surface area contributed by atoms with Gasteiger partial charge in [-0.3, -0.25) is 9.59 Å². The number of amides is 1. The average molecular weight is 340 g/mol. The molecule has 2 heterocycles. The summed E-state index contributed by atoms with van der Waals surface area (Å²) < 4.78 is 0. The maximum Gasteiger partial charge on any atom is 0.260 e. The molecule has 0 spiro atoms. The van der Waals surface area contributed by atoms with Gasteiger partial charge in [0.15, 0.2) is 0 Å². The second-order valence-electron chi connectivity index (χ2n) is 6.77. The molecule has 23 heavy (non-hydrogen) atoms. The van der Waals surface area contributed by atoms with Gasteiger partial charge in [0, 0.05) is 25.8 Å². The maximum atomic E-state index is 12.1. The van der Waals surface area contributed by atoms with Gasteiger partial charge in [-0.2, -0.15) is 0 Å². The van der Waals surface area contributed by atoms with E-state index in [-0.39, 0.29) is 11.5 Å². The van der Waals surface area contributed by atoms with Gasteiger partial charge in [-0.1, -0.05) is 25.4 Å². The number of piperidine rings is 1. The molecule has 0 aromatic carbocycles. The van der Waals surface area contributed by atoms with Gasteiger partial charge in [0.05, 0.1) is 5.02 Å². The maximum absolute atomic E-state index is 12.1. The number of halogens is 1. The largest absolute Gasteiger partial charge is 0.352 e. The molecule has 5 nitrogen and oxygen atoms in total. The standard InChI is InChI=1S/C17H26ClN3O2/c1-12(2)10-21-7-3-4-13(11-21)5-6-19-16(22)15-8-14(18)9-20-17(15)23/h8-9,12-13H,3-7,10-11H2,1-2H3,(H,19,22)(H,20,23)/t13-/m0/s1. The van der Waals surface area contributed by atoms with Crippen LogP contribution in [0.2, 0.25) is 5.02 Å². The lowest BCUT2D eigenvalue weighted by Gasteiger charge is -2.33. The first-order valence-corrected chi connectivity index (χ1v) is 8.72. The minimum Gasteiger partial charge on any atom is -0.352 e. The van der Waals surface area contributed by atoms with E-state index in [1.807, 2.05) is 0 Å². The number of pyridine rings is 1. The zero-order valence-corrected chi connectivity index (χ0v) is 14.7. The molecule has 1 aliphatic heterocycles. The fraction of sp³-hybridized carbons (Fsp3) is 0.647. The van der Waals surface area contributed by atoms with E-state index in [0.29, 0.717) is 23.4 Å². The van der Waals surface area contributed by atoms with Crippen LogP contribution in [-0.2, 0) is 0 Å². The molecular weight excluding hydrogens is 314 g/mol. The summed E-state index contributed by atoms with van der Waals surface area (Å²) in [4.78, 5) is 28.7. The normalized spacial score (nSPS) is 19.0. The number of hydrogen-bond donors (Lipinski definition) is 2. The molecule has 0 aliphatic carbocycles. The highest BCUT2D eigenvalue weighted by Crippen LogP contribution is 2.20. The van der Waals surface area contributed by atoms with E-state index in [0.717, 1.165) is 19.5 Å². The molecule has 0 unspecified atom stereocenters. The first-order chi connectivity index (χ1) is 11.0. The van der Waals surface area contributed by atoms with Gasteiger partial charge in [-0.25, -0.2) is 0 Å². The molecule has 0 bridgehead atoms. The lowest BCUT2D eigenvalue weighted by atomic mass is 9.94. The summed E-state index contributed by atoms with van der Waals surface area (Å²) in [6.45, 7) is 8.50. The third kappa shape index (κ3) is 5.66. The van der Waals surface area contributed by atoms with Crippen molar-refractivity contribution in [3.63, 3.8) is 0 Å². The number of H-pyrrole nitrogens is 1. The molecule has 1 amide bonds. The SMILES string of the molecule is CC(C)CN1CCC[C@@H](CCNC(=O)c2cc(Cl)c[nH]c2=O)C1. The molecule has 6 heteroatoms. The highest BCUT2D eigenvalue weighted by molar-refractivity contribution is 6.30. The van der Waals surface area contributed by atoms with Crippen molar-refractivity contribution < 1.29 is 4.79 Å². The number of aromatic amines is 1. The summed E-state index contributed by atoms with van der Waals surface area (Å²) in [5, 5.41) is 3.19. The number of rotatable bonds is 6. The van der Waals surface area contributed by atoms with E-state index in [9.17, 15) is 9.59 Å². The van der Waals surface area contributed by atoms with Gasteiger partial charge in [0.2, 0.25) is 0 Å². The van der Waals surface area contributed by atoms with Gasteiger partial charge in [0.25, 0.3) is 11.5 Å². The molecule has 128 valence electrons. The Hall–Kier alpha value is -1.33. The fourth-order valence-electron chi connectivity index (χ4n) is 3.18. The number of nitrogens with zero attached hydrogens (tertiary/aromatic N) is 1. The third-order valence-corrected chi connectivity index (χ3v) is 4.40. The average Bonchev–Trinajstić information content (AvgIpc) is 2.49. The summed E-state index contributed by atoms with van der Waals surface area (Å²) in [6, 6.07) is 1.40. The quantitative estimate of drug-likeness (QED) is 0.837. The van der Waals surface area contributed by atoms with Crippen LogP contribution in [0.25, 0.3) is 0 Å². The van der Waals surface area contributed by atoms with E-state index in [1.54, 1.807) is 0 Å². The molecule has 0 radical (unpaired) electrons. The zero-order valence-electron chi connectivity index (χ0n) is 13.9. The van der Waals surface area contributed by atoms with Gasteiger partial charge < -0.3 is 15.2 Å². The van der Waals surface area contributed by atoms with Crippen LogP contribution in [0.5, 0.6) is 0 Å². The molecule has 1 fully saturated rings. The van der Waals surface area contributed by atoms with E-state index in [2.05, 4.69) is 29.0 Å². The summed E-state index contributed by atoms with van der Waals surface area (Å²) >= 11 is 5.82. The summed E-state index contributed by atoms with van der Waals surface area (Å²) in [5.74, 6) is 0.937. The van der Waals surface area contributed by atoms with E-state index >= 15 is 0 Å². The Balaban J connectivity index is 1.79. The lowest BCUT2D eigenvalue weighted by molar-refractivity contribution is 0.0944. The van der Waals surface area contributed by atoms with Gasteiger partial charge >= 0.3 is 0 Å². The van der Waals surface area contributed by atoms with Crippen molar-refractivity contribution in [2.75, 3.05) is 26.2 Å². The Bertz CT molecular complexity index is 585. The second-order valence-corrected chi connectivity index (χ2v) is 7.20. The van der Waals surface area contributed by atoms with Crippen molar-refractivity contribution in [2.45, 2.75) is 33.1 Å². The zero-order chi connectivity index (χ0) is 16.8. The Kier molecular flexibility index (Phi) is 6.66. The van der Waals surface area contributed by atoms with Crippen LogP contribution < -0.4 is 10.9 Å². The van der Waals surface area contributed by atoms with Gasteiger partial charge in [-0.05, 0) is 43.7 Å². The van der Waals surface area contributed by atoms with Crippen molar-refractivity contribution >= 4 is 17.5 Å². The van der Waals surface area contributed by atoms with E-state index in [1.165, 1.54) is 31.6 Å². The number of hydrogen-bond acceptors (Lipinski definition) is 3. The van der Waals surface area contributed by atoms with E-state index < -0.39 is 5.56 Å². The molecule has 0 saturated carbocycles. The van der Waals surface area contributed by atoms with Crippen LogP contribution in [-0.4, -0.2) is 42.0 Å². The van der Waals surface area contributed by atoms with Crippen LogP contribution in [0, 0.1) is 11.8 Å². The minimum atomic E-state index is -0.410. The topological polar surface area (TPSA) is 65.2 Å². The molecule has 2 N–H and O–H groups in total. The van der Waals surface area contributed by atoms with Gasteiger partial charge in [0.1, 0.15) is 5.56 Å². The lowest BCUT2D eigenvalue weighted by Crippen LogP contribution is -2.39. The smallest absolute Gasteiger partial charge is 0.260 e. The van der Waals surface area contributed by atoms with Crippen LogP contribution in [0.3, 0.4) is 0 Å². The highest BCUT2D eigenvalue weighted by Gasteiger charge is 2.20. The van der Waals surface area contributed by atoms with Crippen LogP contribution in [0.15, 0.2) is 17.1 Å². The highest BCUT2D eigenvalue weighted by atomic mass is 35.5. The monoisotopic (exact) mass is 339 g/mol. The van der Waals surface area contributed by atoms with E-state index in [4.69, 9.17) is 11.6 Å². The Morgan fingerprint density at radius 3 is 3.04 bits per heavy atom. The Labute approximate surface area is 142 Å². The van der Waals surface area contributed by atoms with Crippen LogP contribution >= 0.6 is 11.6 Å². The predicted octanol–water partition coefficient (Wildman–Crippen LogP) is 2.52. The number of carbonyl (C=O) groups is 1. The minimum absolute atomic E-state index is 0.0718. The molecule has 1 aliphatic rings. The predicted molar refractivity (Wildman–Crippen MR) is 93.0 cm³/mol. The molecular formula is C17H26ClN3O2. The van der Waals surface area contributed by atoms with Crippen molar-refractivity contribution in [1.82, 2.24) is 15.2 Å². The Morgan fingerprint density at radius 1 is 1.52 bits per heavy atom. The molecule has 1 saturated heterocycles. The summed E-state index contributed by atoms with van der Waals surface area (Å²) in [5.41, 5.74) is -0.338. The Morgan fingerprint density at radius 2 is 2.30 bits per heavy atom. The number of carbonyl (C=O) groups excluding carboxylic acids is 1. The molecule has 1 aromatic rings. The van der Waals surface area contributed by atoms with Crippen LogP contribution in [0.1, 0.15) is 43.5 Å². The molecule has 1 aromatic heterocycles. The van der Waals surface area contributed by atoms with Crippen molar-refractivity contribution in [1.29, 1.82) is 0 Å². The second kappa shape index (κ2) is 8.50. The first-order valence-electron chi connectivity index (χ1n) is 8.34. The first kappa shape index (κ1) is 18.0. The van der Waals surface area contributed by atoms with Gasteiger partial charge in [-0.15, -0.1) is 0 Å². The van der Waals surface area contributed by atoms with Crippen LogP contribution in [0.4, 0.5) is 0 Å². The number of likely N-dealkylation sites (tertiary alicyclic amines) is 1. The fourth-order valence-corrected chi connectivity index (χ4v) is 3.34. The van der Waals surface area contributed by atoms with Crippen molar-refractivity contribution in [3.05, 3.63) is 33.2 Å². The summed E-state index contributed by atoms with van der Waals surface area (Å²) in [7, 11) is 0. The van der Waals surface area contributed by atoms with Crippen molar-refractivity contribution in [3.8, 4) is 0 Å². The number of aromatic nitrogens is 1. The summed E-state index contributed by atoms with van der Waals surface area (Å²) in [6.07, 6.45) is 4.76.